The first-order chi connectivity index (χ1) is 10.7. The summed E-state index contributed by atoms with van der Waals surface area (Å²) < 4.78 is 0. The van der Waals surface area contributed by atoms with Crippen LogP contribution >= 0.6 is 0 Å². The van der Waals surface area contributed by atoms with Crippen molar-refractivity contribution in [3.05, 3.63) is 24.3 Å². The number of hydrogen-bond acceptors (Lipinski definition) is 4. The molecule has 120 valence electrons. The normalized spacial score (nSPS) is 11.0. The first-order valence-corrected chi connectivity index (χ1v) is 8.37. The van der Waals surface area contributed by atoms with Gasteiger partial charge in [-0.2, -0.15) is 0 Å². The second kappa shape index (κ2) is 7.87. The number of anilines is 3. The number of pyridine rings is 1. The van der Waals surface area contributed by atoms with Gasteiger partial charge in [0.2, 0.25) is 0 Å². The summed E-state index contributed by atoms with van der Waals surface area (Å²) in [4.78, 5) is 6.82. The summed E-state index contributed by atoms with van der Waals surface area (Å²) in [6, 6.07) is 8.11. The number of fused-ring (bicyclic) bond motifs is 1. The standard InChI is InChI=1S/C18H28N4/c1-3-5-9-13-22(12-6-4-2)17-14-10-7-8-11-15(14)21-18(20)16(17)19/h7-8,10-11H,3-6,9,12-13,19H2,1-2H3,(H2,20,21). The molecule has 0 radical (unpaired) electrons. The number of rotatable bonds is 8. The van der Waals surface area contributed by atoms with Crippen molar-refractivity contribution >= 4 is 28.1 Å². The molecule has 22 heavy (non-hydrogen) atoms. The van der Waals surface area contributed by atoms with Gasteiger partial charge in [-0.15, -0.1) is 0 Å². The Labute approximate surface area is 133 Å². The highest BCUT2D eigenvalue weighted by molar-refractivity contribution is 6.01. The molecule has 0 fully saturated rings. The van der Waals surface area contributed by atoms with Crippen molar-refractivity contribution in [1.29, 1.82) is 0 Å². The monoisotopic (exact) mass is 300 g/mol. The molecule has 1 aromatic heterocycles. The molecule has 0 saturated carbocycles. The smallest absolute Gasteiger partial charge is 0.149 e. The van der Waals surface area contributed by atoms with Gasteiger partial charge in [0, 0.05) is 18.5 Å². The molecule has 2 aromatic rings. The number of nitrogens with zero attached hydrogens (tertiary/aromatic N) is 2. The molecule has 4 heteroatoms. The maximum absolute atomic E-state index is 6.30. The molecule has 2 rings (SSSR count). The van der Waals surface area contributed by atoms with Crippen LogP contribution < -0.4 is 16.4 Å². The molecule has 0 spiro atoms. The van der Waals surface area contributed by atoms with E-state index >= 15 is 0 Å². The third-order valence-corrected chi connectivity index (χ3v) is 4.06. The van der Waals surface area contributed by atoms with Crippen LogP contribution in [0.15, 0.2) is 24.3 Å². The van der Waals surface area contributed by atoms with Gasteiger partial charge in [0.05, 0.1) is 16.9 Å². The topological polar surface area (TPSA) is 68.2 Å². The van der Waals surface area contributed by atoms with Gasteiger partial charge in [0.1, 0.15) is 5.82 Å². The average molecular weight is 300 g/mol. The molecule has 0 aliphatic rings. The molecule has 0 saturated heterocycles. The number of para-hydroxylation sites is 1. The van der Waals surface area contributed by atoms with E-state index in [4.69, 9.17) is 11.5 Å². The Kier molecular flexibility index (Phi) is 5.87. The summed E-state index contributed by atoms with van der Waals surface area (Å²) in [5.41, 5.74) is 14.9. The van der Waals surface area contributed by atoms with Gasteiger partial charge in [0.15, 0.2) is 0 Å². The lowest BCUT2D eigenvalue weighted by molar-refractivity contribution is 0.654. The number of aromatic nitrogens is 1. The van der Waals surface area contributed by atoms with Crippen LogP contribution in [0.3, 0.4) is 0 Å². The summed E-state index contributed by atoms with van der Waals surface area (Å²) >= 11 is 0. The molecular weight excluding hydrogens is 272 g/mol. The van der Waals surface area contributed by atoms with E-state index in [0.29, 0.717) is 11.5 Å². The Morgan fingerprint density at radius 2 is 1.64 bits per heavy atom. The number of hydrogen-bond donors (Lipinski definition) is 2. The zero-order valence-electron chi connectivity index (χ0n) is 13.8. The molecule has 0 amide bonds. The average Bonchev–Trinajstić information content (AvgIpc) is 2.53. The van der Waals surface area contributed by atoms with Gasteiger partial charge in [0.25, 0.3) is 0 Å². The fourth-order valence-corrected chi connectivity index (χ4v) is 2.81. The van der Waals surface area contributed by atoms with Crippen LogP contribution in [-0.4, -0.2) is 18.1 Å². The summed E-state index contributed by atoms with van der Waals surface area (Å²) in [5.74, 6) is 0.436. The second-order valence-electron chi connectivity index (χ2n) is 5.82. The number of nitrogen functional groups attached to an aromatic ring is 2. The largest absolute Gasteiger partial charge is 0.394 e. The minimum absolute atomic E-state index is 0.436. The van der Waals surface area contributed by atoms with Crippen LogP contribution in [0.2, 0.25) is 0 Å². The number of benzene rings is 1. The lowest BCUT2D eigenvalue weighted by atomic mass is 10.1. The van der Waals surface area contributed by atoms with Crippen molar-refractivity contribution in [3.8, 4) is 0 Å². The van der Waals surface area contributed by atoms with E-state index in [0.717, 1.165) is 36.1 Å². The molecule has 0 unspecified atom stereocenters. The van der Waals surface area contributed by atoms with E-state index in [1.807, 2.05) is 18.2 Å². The first-order valence-electron chi connectivity index (χ1n) is 8.37. The highest BCUT2D eigenvalue weighted by Gasteiger charge is 2.16. The van der Waals surface area contributed by atoms with Crippen LogP contribution in [-0.2, 0) is 0 Å². The molecule has 4 nitrogen and oxygen atoms in total. The Hall–Kier alpha value is -1.97. The zero-order valence-corrected chi connectivity index (χ0v) is 13.8. The summed E-state index contributed by atoms with van der Waals surface area (Å²) in [7, 11) is 0. The molecule has 1 aromatic carbocycles. The van der Waals surface area contributed by atoms with E-state index in [2.05, 4.69) is 29.8 Å². The minimum Gasteiger partial charge on any atom is -0.394 e. The van der Waals surface area contributed by atoms with Crippen LogP contribution in [0.5, 0.6) is 0 Å². The Balaban J connectivity index is 2.43. The van der Waals surface area contributed by atoms with Gasteiger partial charge in [-0.3, -0.25) is 0 Å². The lowest BCUT2D eigenvalue weighted by Gasteiger charge is -2.28. The van der Waals surface area contributed by atoms with Crippen LogP contribution in [0.4, 0.5) is 17.2 Å². The SMILES string of the molecule is CCCCCN(CCCC)c1c(N)c(N)nc2ccccc12. The van der Waals surface area contributed by atoms with Gasteiger partial charge >= 0.3 is 0 Å². The lowest BCUT2D eigenvalue weighted by Crippen LogP contribution is -2.27. The minimum atomic E-state index is 0.436. The quantitative estimate of drug-likeness (QED) is 0.717. The van der Waals surface area contributed by atoms with Gasteiger partial charge in [-0.1, -0.05) is 51.3 Å². The van der Waals surface area contributed by atoms with E-state index in [1.54, 1.807) is 0 Å². The Morgan fingerprint density at radius 3 is 2.36 bits per heavy atom. The Morgan fingerprint density at radius 1 is 0.955 bits per heavy atom. The maximum Gasteiger partial charge on any atom is 0.149 e. The molecule has 0 aliphatic carbocycles. The van der Waals surface area contributed by atoms with Gasteiger partial charge in [-0.05, 0) is 18.9 Å². The fraction of sp³-hybridized carbons (Fsp3) is 0.500. The Bertz CT molecular complexity index is 609. The highest BCUT2D eigenvalue weighted by Crippen LogP contribution is 2.35. The van der Waals surface area contributed by atoms with Crippen molar-refractivity contribution in [2.24, 2.45) is 0 Å². The van der Waals surface area contributed by atoms with Crippen molar-refractivity contribution in [1.82, 2.24) is 4.98 Å². The molecular formula is C18H28N4. The zero-order chi connectivity index (χ0) is 15.9. The summed E-state index contributed by atoms with van der Waals surface area (Å²) in [6.07, 6.45) is 5.96. The van der Waals surface area contributed by atoms with Crippen molar-refractivity contribution in [2.45, 2.75) is 46.0 Å². The third-order valence-electron chi connectivity index (χ3n) is 4.06. The predicted molar refractivity (Wildman–Crippen MR) is 97.2 cm³/mol. The number of unbranched alkanes of at least 4 members (excludes halogenated alkanes) is 3. The second-order valence-corrected chi connectivity index (χ2v) is 5.82. The fourth-order valence-electron chi connectivity index (χ4n) is 2.81. The van der Waals surface area contributed by atoms with E-state index < -0.39 is 0 Å². The molecule has 4 N–H and O–H groups in total. The van der Waals surface area contributed by atoms with Gasteiger partial charge in [-0.25, -0.2) is 4.98 Å². The molecule has 0 aliphatic heterocycles. The molecule has 0 atom stereocenters. The number of nitrogens with two attached hydrogens (primary N) is 2. The third kappa shape index (κ3) is 3.62. The van der Waals surface area contributed by atoms with Crippen LogP contribution in [0, 0.1) is 0 Å². The maximum atomic E-state index is 6.30. The van der Waals surface area contributed by atoms with Crippen LogP contribution in [0.25, 0.3) is 10.9 Å². The van der Waals surface area contributed by atoms with Crippen molar-refractivity contribution < 1.29 is 0 Å². The van der Waals surface area contributed by atoms with E-state index in [9.17, 15) is 0 Å². The predicted octanol–water partition coefficient (Wildman–Crippen LogP) is 4.20. The molecule has 0 bridgehead atoms. The van der Waals surface area contributed by atoms with E-state index in [1.165, 1.54) is 25.7 Å². The van der Waals surface area contributed by atoms with Gasteiger partial charge < -0.3 is 16.4 Å². The first kappa shape index (κ1) is 16.4. The summed E-state index contributed by atoms with van der Waals surface area (Å²) in [5, 5.41) is 1.10. The summed E-state index contributed by atoms with van der Waals surface area (Å²) in [6.45, 7) is 6.47. The van der Waals surface area contributed by atoms with Crippen LogP contribution in [0.1, 0.15) is 46.0 Å². The van der Waals surface area contributed by atoms with Crippen molar-refractivity contribution in [3.63, 3.8) is 0 Å². The van der Waals surface area contributed by atoms with E-state index in [-0.39, 0.29) is 0 Å². The molecule has 1 heterocycles. The highest BCUT2D eigenvalue weighted by atomic mass is 15.1. The van der Waals surface area contributed by atoms with Crippen molar-refractivity contribution in [2.75, 3.05) is 29.5 Å².